The van der Waals surface area contributed by atoms with Crippen LogP contribution in [-0.2, 0) is 9.47 Å². The van der Waals surface area contributed by atoms with Gasteiger partial charge in [0.2, 0.25) is 0 Å². The zero-order valence-electron chi connectivity index (χ0n) is 10.8. The predicted molar refractivity (Wildman–Crippen MR) is 74.0 cm³/mol. The zero-order chi connectivity index (χ0) is 14.2. The van der Waals surface area contributed by atoms with Crippen LogP contribution in [0.2, 0.25) is 10.2 Å². The summed E-state index contributed by atoms with van der Waals surface area (Å²) in [7, 11) is 0. The van der Waals surface area contributed by atoms with Crippen molar-refractivity contribution in [2.45, 2.75) is 18.6 Å². The molecule has 1 aromatic rings. The maximum Gasteiger partial charge on any atom is 0.255 e. The number of piperidine rings is 1. The topological polar surface area (TPSA) is 51.7 Å². The molecule has 0 atom stereocenters. The van der Waals surface area contributed by atoms with Crippen LogP contribution in [-0.4, -0.2) is 47.9 Å². The highest BCUT2D eigenvalue weighted by Gasteiger charge is 2.41. The maximum atomic E-state index is 12.4. The molecule has 0 unspecified atom stereocenters. The minimum Gasteiger partial charge on any atom is -0.347 e. The Morgan fingerprint density at radius 2 is 1.90 bits per heavy atom. The Morgan fingerprint density at radius 3 is 2.55 bits per heavy atom. The lowest BCUT2D eigenvalue weighted by Gasteiger charge is -2.37. The highest BCUT2D eigenvalue weighted by molar-refractivity contribution is 6.35. The number of ether oxygens (including phenoxy) is 2. The van der Waals surface area contributed by atoms with Crippen molar-refractivity contribution in [2.24, 2.45) is 0 Å². The number of likely N-dealkylation sites (tertiary alicyclic amines) is 1. The summed E-state index contributed by atoms with van der Waals surface area (Å²) in [6.45, 7) is 2.41. The number of hydrogen-bond acceptors (Lipinski definition) is 4. The molecule has 0 N–H and O–H groups in total. The van der Waals surface area contributed by atoms with E-state index in [1.165, 1.54) is 12.3 Å². The van der Waals surface area contributed by atoms with Crippen molar-refractivity contribution in [2.75, 3.05) is 26.3 Å². The third-order valence-corrected chi connectivity index (χ3v) is 4.19. The Morgan fingerprint density at radius 1 is 1.25 bits per heavy atom. The summed E-state index contributed by atoms with van der Waals surface area (Å²) in [5.41, 5.74) is 0.385. The molecule has 1 spiro atoms. The smallest absolute Gasteiger partial charge is 0.255 e. The lowest BCUT2D eigenvalue weighted by Crippen LogP contribution is -2.47. The summed E-state index contributed by atoms with van der Waals surface area (Å²) >= 11 is 11.8. The van der Waals surface area contributed by atoms with E-state index in [1.54, 1.807) is 4.90 Å². The van der Waals surface area contributed by atoms with Crippen molar-refractivity contribution in [3.05, 3.63) is 28.0 Å². The number of nitrogens with zero attached hydrogens (tertiary/aromatic N) is 2. The van der Waals surface area contributed by atoms with Gasteiger partial charge >= 0.3 is 0 Å². The van der Waals surface area contributed by atoms with Crippen LogP contribution < -0.4 is 0 Å². The molecular weight excluding hydrogens is 303 g/mol. The summed E-state index contributed by atoms with van der Waals surface area (Å²) in [4.78, 5) is 18.0. The number of pyridine rings is 1. The number of hydrogen-bond donors (Lipinski definition) is 0. The number of rotatable bonds is 1. The van der Waals surface area contributed by atoms with E-state index in [9.17, 15) is 4.79 Å². The van der Waals surface area contributed by atoms with Crippen LogP contribution in [0.1, 0.15) is 23.2 Å². The fourth-order valence-corrected chi connectivity index (χ4v) is 2.93. The number of amides is 1. The largest absolute Gasteiger partial charge is 0.347 e. The molecule has 2 fully saturated rings. The molecule has 1 amide bonds. The van der Waals surface area contributed by atoms with E-state index >= 15 is 0 Å². The standard InChI is InChI=1S/C13H14Cl2N2O3/c14-10-8-16-11(15)7-9(10)12(18)17-3-1-13(2-4-17)19-5-6-20-13/h7-8H,1-6H2. The van der Waals surface area contributed by atoms with Gasteiger partial charge in [-0.25, -0.2) is 4.98 Å². The quantitative estimate of drug-likeness (QED) is 0.746. The first kappa shape index (κ1) is 14.1. The third-order valence-electron chi connectivity index (χ3n) is 3.68. The second-order valence-electron chi connectivity index (χ2n) is 4.89. The average molecular weight is 317 g/mol. The second kappa shape index (κ2) is 5.48. The van der Waals surface area contributed by atoms with E-state index in [1.807, 2.05) is 0 Å². The fourth-order valence-electron chi connectivity index (χ4n) is 2.58. The molecule has 0 radical (unpaired) electrons. The van der Waals surface area contributed by atoms with Crippen LogP contribution in [0.15, 0.2) is 12.3 Å². The van der Waals surface area contributed by atoms with Crippen LogP contribution in [0.25, 0.3) is 0 Å². The van der Waals surface area contributed by atoms with Crippen LogP contribution in [0.3, 0.4) is 0 Å². The minimum absolute atomic E-state index is 0.132. The first-order valence-electron chi connectivity index (χ1n) is 6.48. The van der Waals surface area contributed by atoms with Crippen molar-refractivity contribution >= 4 is 29.1 Å². The van der Waals surface area contributed by atoms with Crippen molar-refractivity contribution in [3.8, 4) is 0 Å². The van der Waals surface area contributed by atoms with Gasteiger partial charge in [-0.15, -0.1) is 0 Å². The highest BCUT2D eigenvalue weighted by atomic mass is 35.5. The lowest BCUT2D eigenvalue weighted by atomic mass is 10.0. The van der Waals surface area contributed by atoms with E-state index in [0.29, 0.717) is 49.7 Å². The monoisotopic (exact) mass is 316 g/mol. The van der Waals surface area contributed by atoms with Gasteiger partial charge < -0.3 is 14.4 Å². The highest BCUT2D eigenvalue weighted by Crippen LogP contribution is 2.32. The molecular formula is C13H14Cl2N2O3. The summed E-state index contributed by atoms with van der Waals surface area (Å²) < 4.78 is 11.3. The van der Waals surface area contributed by atoms with Gasteiger partial charge in [-0.2, -0.15) is 0 Å². The van der Waals surface area contributed by atoms with Gasteiger partial charge in [0.15, 0.2) is 5.79 Å². The van der Waals surface area contributed by atoms with Gasteiger partial charge in [0.1, 0.15) is 5.15 Å². The molecule has 20 heavy (non-hydrogen) atoms. The van der Waals surface area contributed by atoms with E-state index in [2.05, 4.69) is 4.98 Å². The number of carbonyl (C=O) groups excluding carboxylic acids is 1. The Bertz CT molecular complexity index is 522. The van der Waals surface area contributed by atoms with Crippen molar-refractivity contribution < 1.29 is 14.3 Å². The molecule has 0 aliphatic carbocycles. The third kappa shape index (κ3) is 2.63. The van der Waals surface area contributed by atoms with Crippen LogP contribution in [0.5, 0.6) is 0 Å². The molecule has 108 valence electrons. The zero-order valence-corrected chi connectivity index (χ0v) is 12.3. The normalized spacial score (nSPS) is 21.4. The van der Waals surface area contributed by atoms with E-state index in [-0.39, 0.29) is 11.1 Å². The number of aromatic nitrogens is 1. The van der Waals surface area contributed by atoms with E-state index in [4.69, 9.17) is 32.7 Å². The summed E-state index contributed by atoms with van der Waals surface area (Å²) in [5, 5.41) is 0.571. The molecule has 0 bridgehead atoms. The molecule has 5 nitrogen and oxygen atoms in total. The van der Waals surface area contributed by atoms with Crippen LogP contribution in [0.4, 0.5) is 0 Å². The Balaban J connectivity index is 1.71. The second-order valence-corrected chi connectivity index (χ2v) is 5.68. The molecule has 3 heterocycles. The van der Waals surface area contributed by atoms with Gasteiger partial charge in [-0.3, -0.25) is 4.79 Å². The summed E-state index contributed by atoms with van der Waals surface area (Å²) in [5.74, 6) is -0.622. The summed E-state index contributed by atoms with van der Waals surface area (Å²) in [6.07, 6.45) is 2.75. The Hall–Kier alpha value is -0.880. The molecule has 2 aliphatic heterocycles. The number of carbonyl (C=O) groups is 1. The first-order chi connectivity index (χ1) is 9.60. The minimum atomic E-state index is -0.490. The SMILES string of the molecule is O=C(c1cc(Cl)ncc1Cl)N1CCC2(CC1)OCCO2. The Kier molecular flexibility index (Phi) is 3.86. The molecule has 2 saturated heterocycles. The van der Waals surface area contributed by atoms with Crippen molar-refractivity contribution in [3.63, 3.8) is 0 Å². The van der Waals surface area contributed by atoms with Gasteiger partial charge in [0.25, 0.3) is 5.91 Å². The maximum absolute atomic E-state index is 12.4. The molecule has 0 saturated carbocycles. The molecule has 3 rings (SSSR count). The van der Waals surface area contributed by atoms with Crippen LogP contribution >= 0.6 is 23.2 Å². The predicted octanol–water partition coefficient (Wildman–Crippen LogP) is 2.37. The van der Waals surface area contributed by atoms with Gasteiger partial charge in [0.05, 0.1) is 23.8 Å². The summed E-state index contributed by atoms with van der Waals surface area (Å²) in [6, 6.07) is 1.50. The first-order valence-corrected chi connectivity index (χ1v) is 7.23. The van der Waals surface area contributed by atoms with Crippen LogP contribution in [0, 0.1) is 0 Å². The van der Waals surface area contributed by atoms with Gasteiger partial charge in [-0.05, 0) is 6.07 Å². The fraction of sp³-hybridized carbons (Fsp3) is 0.538. The lowest BCUT2D eigenvalue weighted by molar-refractivity contribution is -0.181. The molecule has 1 aromatic heterocycles. The molecule has 2 aliphatic rings. The number of halogens is 2. The average Bonchev–Trinajstić information content (AvgIpc) is 2.90. The van der Waals surface area contributed by atoms with E-state index < -0.39 is 5.79 Å². The molecule has 0 aromatic carbocycles. The van der Waals surface area contributed by atoms with Gasteiger partial charge in [-0.1, -0.05) is 23.2 Å². The van der Waals surface area contributed by atoms with Crippen molar-refractivity contribution in [1.82, 2.24) is 9.88 Å². The van der Waals surface area contributed by atoms with Gasteiger partial charge in [0, 0.05) is 32.1 Å². The Labute approximate surface area is 126 Å². The molecule has 7 heteroatoms. The van der Waals surface area contributed by atoms with Crippen molar-refractivity contribution in [1.29, 1.82) is 0 Å². The van der Waals surface area contributed by atoms with E-state index in [0.717, 1.165) is 0 Å².